The Morgan fingerprint density at radius 1 is 1.14 bits per heavy atom. The largest absolute Gasteiger partial charge is 0.462 e. The van der Waals surface area contributed by atoms with Crippen LogP contribution in [0.2, 0.25) is 0 Å². The molecule has 0 saturated heterocycles. The van der Waals surface area contributed by atoms with E-state index in [2.05, 4.69) is 5.32 Å². The maximum Gasteiger partial charge on any atom is 0.345 e. The molecule has 0 aliphatic heterocycles. The second-order valence-electron chi connectivity index (χ2n) is 5.95. The fourth-order valence-electron chi connectivity index (χ4n) is 3.02. The topological polar surface area (TPSA) is 103 Å². The molecule has 0 aliphatic carbocycles. The van der Waals surface area contributed by atoms with Crippen molar-refractivity contribution in [3.05, 3.63) is 80.6 Å². The molecule has 1 heterocycles. The number of anilines is 1. The van der Waals surface area contributed by atoms with E-state index in [1.807, 2.05) is 6.07 Å². The zero-order valence-corrected chi connectivity index (χ0v) is 15.3. The number of rotatable bonds is 7. The maximum atomic E-state index is 13.3. The minimum Gasteiger partial charge on any atom is -0.462 e. The Hall–Kier alpha value is -3.68. The highest BCUT2D eigenvalue weighted by Gasteiger charge is 2.24. The van der Waals surface area contributed by atoms with Crippen molar-refractivity contribution in [3.63, 3.8) is 0 Å². The van der Waals surface area contributed by atoms with E-state index in [-0.39, 0.29) is 30.9 Å². The van der Waals surface area contributed by atoms with Gasteiger partial charge in [-0.05, 0) is 25.1 Å². The third-order valence-electron chi connectivity index (χ3n) is 4.17. The summed E-state index contributed by atoms with van der Waals surface area (Å²) >= 11 is 0. The summed E-state index contributed by atoms with van der Waals surface area (Å²) < 4.78 is 6.54. The van der Waals surface area contributed by atoms with Crippen molar-refractivity contribution in [2.75, 3.05) is 25.0 Å². The molecule has 3 rings (SSSR count). The van der Waals surface area contributed by atoms with Crippen molar-refractivity contribution in [1.29, 1.82) is 0 Å². The molecule has 0 fully saturated rings. The highest BCUT2D eigenvalue weighted by Crippen LogP contribution is 2.27. The minimum atomic E-state index is -0.772. The lowest BCUT2D eigenvalue weighted by atomic mass is 10.1. The first-order valence-electron chi connectivity index (χ1n) is 8.80. The van der Waals surface area contributed by atoms with Gasteiger partial charge in [0.15, 0.2) is 0 Å². The molecule has 3 aromatic rings. The molecule has 0 atom stereocenters. The molecule has 144 valence electrons. The first-order valence-corrected chi connectivity index (χ1v) is 8.80. The van der Waals surface area contributed by atoms with Gasteiger partial charge in [-0.15, -0.1) is 0 Å². The fourth-order valence-corrected chi connectivity index (χ4v) is 3.02. The van der Waals surface area contributed by atoms with Crippen molar-refractivity contribution in [2.45, 2.75) is 6.92 Å². The zero-order valence-electron chi connectivity index (χ0n) is 15.3. The molecule has 0 saturated carbocycles. The third-order valence-corrected chi connectivity index (χ3v) is 4.17. The van der Waals surface area contributed by atoms with E-state index >= 15 is 0 Å². The zero-order chi connectivity index (χ0) is 20.1. The van der Waals surface area contributed by atoms with Crippen LogP contribution in [0.25, 0.3) is 16.6 Å². The van der Waals surface area contributed by atoms with Gasteiger partial charge in [0.1, 0.15) is 5.56 Å². The van der Waals surface area contributed by atoms with Crippen LogP contribution in [-0.4, -0.2) is 35.2 Å². The maximum absolute atomic E-state index is 13.3. The number of para-hydroxylation sites is 2. The Kier molecular flexibility index (Phi) is 5.69. The number of benzene rings is 2. The number of fused-ring (bicyclic) bond motifs is 1. The summed E-state index contributed by atoms with van der Waals surface area (Å²) in [6, 6.07) is 16.0. The standard InChI is InChI=1S/C20H19N3O5/c1-2-28-20(25)17-18(21-12-13-22(26)27)15-10-6-7-11-16(15)23(19(17)24)14-8-4-3-5-9-14/h3-11,21H,2,12-13H2,1H3. The van der Waals surface area contributed by atoms with Gasteiger partial charge < -0.3 is 10.1 Å². The third kappa shape index (κ3) is 3.71. The lowest BCUT2D eigenvalue weighted by molar-refractivity contribution is -0.476. The summed E-state index contributed by atoms with van der Waals surface area (Å²) in [5.74, 6) is -0.772. The predicted molar refractivity (Wildman–Crippen MR) is 106 cm³/mol. The van der Waals surface area contributed by atoms with Gasteiger partial charge in [0.2, 0.25) is 6.54 Å². The molecule has 0 radical (unpaired) electrons. The average Bonchev–Trinajstić information content (AvgIpc) is 2.68. The molecule has 0 aliphatic rings. The summed E-state index contributed by atoms with van der Waals surface area (Å²) in [6.07, 6.45) is 0. The monoisotopic (exact) mass is 381 g/mol. The highest BCUT2D eigenvalue weighted by atomic mass is 16.6. The number of hydrogen-bond acceptors (Lipinski definition) is 6. The van der Waals surface area contributed by atoms with Crippen molar-refractivity contribution >= 4 is 22.6 Å². The number of aromatic nitrogens is 1. The van der Waals surface area contributed by atoms with E-state index in [9.17, 15) is 19.7 Å². The van der Waals surface area contributed by atoms with Crippen molar-refractivity contribution in [3.8, 4) is 5.69 Å². The molecule has 8 heteroatoms. The number of nitrogens with one attached hydrogen (secondary N) is 1. The Morgan fingerprint density at radius 3 is 2.50 bits per heavy atom. The molecule has 8 nitrogen and oxygen atoms in total. The number of carbonyl (C=O) groups excluding carboxylic acids is 1. The molecular formula is C20H19N3O5. The number of esters is 1. The summed E-state index contributed by atoms with van der Waals surface area (Å²) in [7, 11) is 0. The molecule has 0 bridgehead atoms. The molecule has 2 aromatic carbocycles. The number of pyridine rings is 1. The van der Waals surface area contributed by atoms with Gasteiger partial charge in [0.25, 0.3) is 5.56 Å². The van der Waals surface area contributed by atoms with Crippen LogP contribution >= 0.6 is 0 Å². The first-order chi connectivity index (χ1) is 13.5. The van der Waals surface area contributed by atoms with Crippen molar-refractivity contribution < 1.29 is 14.5 Å². The highest BCUT2D eigenvalue weighted by molar-refractivity contribution is 6.05. The Morgan fingerprint density at radius 2 is 1.82 bits per heavy atom. The smallest absolute Gasteiger partial charge is 0.345 e. The second-order valence-corrected chi connectivity index (χ2v) is 5.95. The molecule has 1 aromatic heterocycles. The van der Waals surface area contributed by atoms with Crippen molar-refractivity contribution in [2.24, 2.45) is 0 Å². The van der Waals surface area contributed by atoms with Gasteiger partial charge in [-0.25, -0.2) is 4.79 Å². The number of nitrogens with zero attached hydrogens (tertiary/aromatic N) is 2. The van der Waals surface area contributed by atoms with Gasteiger partial charge in [0, 0.05) is 16.0 Å². The molecule has 1 N–H and O–H groups in total. The Balaban J connectivity index is 2.31. The van der Waals surface area contributed by atoms with Gasteiger partial charge in [-0.1, -0.05) is 36.4 Å². The number of carbonyl (C=O) groups is 1. The van der Waals surface area contributed by atoms with E-state index in [1.165, 1.54) is 4.57 Å². The fraction of sp³-hybridized carbons (Fsp3) is 0.200. The quantitative estimate of drug-likeness (QED) is 0.383. The molecule has 0 unspecified atom stereocenters. The average molecular weight is 381 g/mol. The van der Waals surface area contributed by atoms with E-state index in [0.717, 1.165) is 0 Å². The molecule has 0 spiro atoms. The van der Waals surface area contributed by atoms with Crippen LogP contribution in [0.15, 0.2) is 59.4 Å². The van der Waals surface area contributed by atoms with Crippen LogP contribution in [-0.2, 0) is 4.74 Å². The van der Waals surface area contributed by atoms with Crippen LogP contribution in [0, 0.1) is 10.1 Å². The van der Waals surface area contributed by atoms with E-state index in [0.29, 0.717) is 16.6 Å². The summed E-state index contributed by atoms with van der Waals surface area (Å²) in [5, 5.41) is 14.2. The van der Waals surface area contributed by atoms with Gasteiger partial charge in [0.05, 0.1) is 24.4 Å². The summed E-state index contributed by atoms with van der Waals surface area (Å²) in [5.41, 5.74) is 0.703. The molecule has 28 heavy (non-hydrogen) atoms. The second kappa shape index (κ2) is 8.34. The lowest BCUT2D eigenvalue weighted by Crippen LogP contribution is -2.29. The normalized spacial score (nSPS) is 10.6. The number of nitro groups is 1. The number of ether oxygens (including phenoxy) is 1. The Bertz CT molecular complexity index is 1080. The van der Waals surface area contributed by atoms with E-state index in [1.54, 1.807) is 55.5 Å². The van der Waals surface area contributed by atoms with Crippen LogP contribution < -0.4 is 10.9 Å². The van der Waals surface area contributed by atoms with Gasteiger partial charge >= 0.3 is 5.97 Å². The van der Waals surface area contributed by atoms with Crippen LogP contribution in [0.5, 0.6) is 0 Å². The molecular weight excluding hydrogens is 362 g/mol. The first kappa shape index (κ1) is 19.1. The van der Waals surface area contributed by atoms with Crippen LogP contribution in [0.3, 0.4) is 0 Å². The lowest BCUT2D eigenvalue weighted by Gasteiger charge is -2.18. The summed E-state index contributed by atoms with van der Waals surface area (Å²) in [6.45, 7) is 1.37. The van der Waals surface area contributed by atoms with Crippen molar-refractivity contribution in [1.82, 2.24) is 4.57 Å². The van der Waals surface area contributed by atoms with Gasteiger partial charge in [-0.2, -0.15) is 0 Å². The SMILES string of the molecule is CCOC(=O)c1c(NCC[N+](=O)[O-])c2ccccc2n(-c2ccccc2)c1=O. The van der Waals surface area contributed by atoms with E-state index < -0.39 is 16.5 Å². The predicted octanol–water partition coefficient (Wildman–Crippen LogP) is 2.86. The minimum absolute atomic E-state index is 0.0296. The van der Waals surface area contributed by atoms with Crippen LogP contribution in [0.1, 0.15) is 17.3 Å². The van der Waals surface area contributed by atoms with Crippen LogP contribution in [0.4, 0.5) is 5.69 Å². The summed E-state index contributed by atoms with van der Waals surface area (Å²) in [4.78, 5) is 36.1. The molecule has 0 amide bonds. The van der Waals surface area contributed by atoms with E-state index in [4.69, 9.17) is 4.74 Å². The number of hydrogen-bond donors (Lipinski definition) is 1. The Labute approximate surface area is 160 Å². The van der Waals surface area contributed by atoms with Gasteiger partial charge in [-0.3, -0.25) is 19.5 Å².